The highest BCUT2D eigenvalue weighted by Crippen LogP contribution is 2.22. The van der Waals surface area contributed by atoms with E-state index in [0.29, 0.717) is 45.4 Å². The van der Waals surface area contributed by atoms with E-state index in [-0.39, 0.29) is 23.8 Å². The largest absolute Gasteiger partial charge is 0.352 e. The van der Waals surface area contributed by atoms with Crippen LogP contribution in [0.1, 0.15) is 36.8 Å². The number of carbonyl (C=O) groups excluding carboxylic acids is 3. The van der Waals surface area contributed by atoms with Gasteiger partial charge < -0.3 is 20.4 Å². The van der Waals surface area contributed by atoms with E-state index in [1.54, 1.807) is 4.90 Å². The molecular weight excluding hydrogens is 404 g/mol. The number of benzene rings is 2. The van der Waals surface area contributed by atoms with Crippen molar-refractivity contribution in [1.82, 2.24) is 15.5 Å². The molecule has 2 N–H and O–H groups in total. The van der Waals surface area contributed by atoms with Gasteiger partial charge in [-0.2, -0.15) is 0 Å². The van der Waals surface area contributed by atoms with Gasteiger partial charge in [0.25, 0.3) is 0 Å². The van der Waals surface area contributed by atoms with Crippen LogP contribution in [0.25, 0.3) is 0 Å². The lowest BCUT2D eigenvalue weighted by Crippen LogP contribution is -2.46. The van der Waals surface area contributed by atoms with Crippen molar-refractivity contribution in [3.05, 3.63) is 65.7 Å². The Bertz CT molecular complexity index is 937. The number of carbonyl (C=O) groups is 3. The van der Waals surface area contributed by atoms with E-state index in [0.717, 1.165) is 29.8 Å². The number of rotatable bonds is 6. The third-order valence-corrected chi connectivity index (χ3v) is 6.23. The van der Waals surface area contributed by atoms with E-state index < -0.39 is 0 Å². The summed E-state index contributed by atoms with van der Waals surface area (Å²) in [6.07, 6.45) is 2.87. The lowest BCUT2D eigenvalue weighted by molar-refractivity contribution is -0.126. The Morgan fingerprint density at radius 3 is 2.16 bits per heavy atom. The van der Waals surface area contributed by atoms with Gasteiger partial charge in [0.2, 0.25) is 11.8 Å². The summed E-state index contributed by atoms with van der Waals surface area (Å²) >= 11 is 0. The van der Waals surface area contributed by atoms with Crippen molar-refractivity contribution >= 4 is 23.5 Å². The molecule has 4 amide bonds. The smallest absolute Gasteiger partial charge is 0.317 e. The van der Waals surface area contributed by atoms with Crippen LogP contribution in [0.2, 0.25) is 0 Å². The van der Waals surface area contributed by atoms with Crippen LogP contribution >= 0.6 is 0 Å². The molecular formula is C25H30N4O3. The Kier molecular flexibility index (Phi) is 7.04. The van der Waals surface area contributed by atoms with Crippen molar-refractivity contribution in [1.29, 1.82) is 0 Å². The van der Waals surface area contributed by atoms with Crippen molar-refractivity contribution in [2.75, 3.05) is 24.5 Å². The maximum Gasteiger partial charge on any atom is 0.317 e. The number of amides is 4. The zero-order chi connectivity index (χ0) is 22.3. The number of urea groups is 1. The molecule has 2 fully saturated rings. The van der Waals surface area contributed by atoms with Crippen LogP contribution in [0.15, 0.2) is 54.6 Å². The number of anilines is 1. The van der Waals surface area contributed by atoms with Crippen molar-refractivity contribution in [2.24, 2.45) is 5.92 Å². The van der Waals surface area contributed by atoms with E-state index in [9.17, 15) is 14.4 Å². The number of piperidine rings is 1. The molecule has 2 aromatic carbocycles. The summed E-state index contributed by atoms with van der Waals surface area (Å²) in [4.78, 5) is 40.4. The van der Waals surface area contributed by atoms with Crippen molar-refractivity contribution < 1.29 is 14.4 Å². The van der Waals surface area contributed by atoms with Crippen LogP contribution in [0.3, 0.4) is 0 Å². The first-order valence-corrected chi connectivity index (χ1v) is 11.3. The normalized spacial score (nSPS) is 16.8. The Hall–Kier alpha value is -3.35. The second-order valence-corrected chi connectivity index (χ2v) is 8.44. The van der Waals surface area contributed by atoms with Gasteiger partial charge in [0.15, 0.2) is 0 Å². The molecule has 0 saturated carbocycles. The van der Waals surface area contributed by atoms with Gasteiger partial charge in [-0.15, -0.1) is 0 Å². The fourth-order valence-electron chi connectivity index (χ4n) is 4.28. The van der Waals surface area contributed by atoms with Crippen LogP contribution in [0.4, 0.5) is 10.5 Å². The minimum Gasteiger partial charge on any atom is -0.352 e. The second kappa shape index (κ2) is 10.3. The molecule has 0 unspecified atom stereocenters. The van der Waals surface area contributed by atoms with Crippen molar-refractivity contribution in [2.45, 2.75) is 38.8 Å². The van der Waals surface area contributed by atoms with Gasteiger partial charge in [0.05, 0.1) is 0 Å². The molecule has 0 atom stereocenters. The summed E-state index contributed by atoms with van der Waals surface area (Å²) in [6, 6.07) is 17.5. The third kappa shape index (κ3) is 5.46. The molecule has 0 aromatic heterocycles. The van der Waals surface area contributed by atoms with E-state index in [2.05, 4.69) is 10.6 Å². The zero-order valence-corrected chi connectivity index (χ0v) is 18.3. The van der Waals surface area contributed by atoms with Gasteiger partial charge in [-0.05, 0) is 42.5 Å². The highest BCUT2D eigenvalue weighted by Gasteiger charge is 2.27. The van der Waals surface area contributed by atoms with E-state index in [4.69, 9.17) is 0 Å². The van der Waals surface area contributed by atoms with Gasteiger partial charge in [0, 0.05) is 50.7 Å². The van der Waals surface area contributed by atoms with Crippen molar-refractivity contribution in [3.63, 3.8) is 0 Å². The molecule has 7 nitrogen and oxygen atoms in total. The van der Waals surface area contributed by atoms with Gasteiger partial charge in [0.1, 0.15) is 0 Å². The van der Waals surface area contributed by atoms with E-state index in [1.807, 2.05) is 59.5 Å². The van der Waals surface area contributed by atoms with Crippen LogP contribution < -0.4 is 15.5 Å². The number of nitrogens with zero attached hydrogens (tertiary/aromatic N) is 2. The number of likely N-dealkylation sites (tertiary alicyclic amines) is 1. The van der Waals surface area contributed by atoms with Gasteiger partial charge >= 0.3 is 6.03 Å². The standard InChI is InChI=1S/C25H30N4O3/c30-23-7-4-14-29(23)22-10-8-20(9-11-22)18-27-25(32)28-15-12-21(13-16-28)24(31)26-17-19-5-2-1-3-6-19/h1-3,5-6,8-11,21H,4,7,12-18H2,(H,26,31)(H,27,32). The van der Waals surface area contributed by atoms with E-state index >= 15 is 0 Å². The minimum atomic E-state index is -0.105. The van der Waals surface area contributed by atoms with Crippen LogP contribution in [0.5, 0.6) is 0 Å². The molecule has 4 rings (SSSR count). The number of hydrogen-bond acceptors (Lipinski definition) is 3. The monoisotopic (exact) mass is 434 g/mol. The molecule has 0 bridgehead atoms. The highest BCUT2D eigenvalue weighted by atomic mass is 16.2. The first-order valence-electron chi connectivity index (χ1n) is 11.3. The zero-order valence-electron chi connectivity index (χ0n) is 18.3. The average Bonchev–Trinajstić information content (AvgIpc) is 3.28. The van der Waals surface area contributed by atoms with Gasteiger partial charge in [-0.1, -0.05) is 42.5 Å². The third-order valence-electron chi connectivity index (χ3n) is 6.23. The van der Waals surface area contributed by atoms with Crippen molar-refractivity contribution in [3.8, 4) is 0 Å². The summed E-state index contributed by atoms with van der Waals surface area (Å²) < 4.78 is 0. The number of nitrogens with one attached hydrogen (secondary N) is 2. The van der Waals surface area contributed by atoms with Gasteiger partial charge in [-0.3, -0.25) is 9.59 Å². The molecule has 2 heterocycles. The first kappa shape index (κ1) is 21.9. The molecule has 0 radical (unpaired) electrons. The molecule has 0 aliphatic carbocycles. The maximum atomic E-state index is 12.5. The van der Waals surface area contributed by atoms with Crippen LogP contribution in [-0.4, -0.2) is 42.4 Å². The summed E-state index contributed by atoms with van der Waals surface area (Å²) in [6.45, 7) is 2.89. The SMILES string of the molecule is O=C(NCc1ccccc1)C1CCN(C(=O)NCc2ccc(N3CCCC3=O)cc2)CC1. The van der Waals surface area contributed by atoms with Gasteiger partial charge in [-0.25, -0.2) is 4.79 Å². The summed E-state index contributed by atoms with van der Waals surface area (Å²) in [5.41, 5.74) is 2.98. The molecule has 2 aliphatic heterocycles. The highest BCUT2D eigenvalue weighted by molar-refractivity contribution is 5.95. The first-order chi connectivity index (χ1) is 15.6. The molecule has 32 heavy (non-hydrogen) atoms. The Morgan fingerprint density at radius 2 is 1.50 bits per heavy atom. The predicted octanol–water partition coefficient (Wildman–Crippen LogP) is 3.05. The predicted molar refractivity (Wildman–Crippen MR) is 123 cm³/mol. The fraction of sp³-hybridized carbons (Fsp3) is 0.400. The Balaban J connectivity index is 1.18. The molecule has 2 saturated heterocycles. The second-order valence-electron chi connectivity index (χ2n) is 8.44. The molecule has 0 spiro atoms. The molecule has 7 heteroatoms. The molecule has 2 aliphatic rings. The molecule has 2 aromatic rings. The van der Waals surface area contributed by atoms with Crippen LogP contribution in [-0.2, 0) is 22.7 Å². The summed E-state index contributed by atoms with van der Waals surface area (Å²) in [5.74, 6) is 0.178. The van der Waals surface area contributed by atoms with E-state index in [1.165, 1.54) is 0 Å². The summed E-state index contributed by atoms with van der Waals surface area (Å²) in [5, 5.41) is 5.97. The summed E-state index contributed by atoms with van der Waals surface area (Å²) in [7, 11) is 0. The quantitative estimate of drug-likeness (QED) is 0.733. The fourth-order valence-corrected chi connectivity index (χ4v) is 4.28. The average molecular weight is 435 g/mol. The Labute approximate surface area is 188 Å². The lowest BCUT2D eigenvalue weighted by atomic mass is 9.96. The van der Waals surface area contributed by atoms with Crippen LogP contribution in [0, 0.1) is 5.92 Å². The molecule has 168 valence electrons. The number of hydrogen-bond donors (Lipinski definition) is 2. The maximum absolute atomic E-state index is 12.5. The Morgan fingerprint density at radius 1 is 0.844 bits per heavy atom. The lowest BCUT2D eigenvalue weighted by Gasteiger charge is -2.31. The minimum absolute atomic E-state index is 0.0522. The topological polar surface area (TPSA) is 81.8 Å².